The average molecular weight is 297 g/mol. The Kier molecular flexibility index (Phi) is 5.30. The molecule has 0 bridgehead atoms. The van der Waals surface area contributed by atoms with E-state index >= 15 is 0 Å². The van der Waals surface area contributed by atoms with Gasteiger partial charge in [-0.2, -0.15) is 11.8 Å². The topological polar surface area (TPSA) is 55.1 Å². The van der Waals surface area contributed by atoms with Gasteiger partial charge >= 0.3 is 0 Å². The van der Waals surface area contributed by atoms with Crippen molar-refractivity contribution in [2.45, 2.75) is 5.75 Å². The molecule has 0 saturated carbocycles. The number of carbonyl (C=O) groups is 1. The highest BCUT2D eigenvalue weighted by molar-refractivity contribution is 7.98. The number of aromatic nitrogens is 1. The summed E-state index contributed by atoms with van der Waals surface area (Å²) in [5.74, 6) is 2.35. The Bertz CT molecular complexity index is 531. The second-order valence-corrected chi connectivity index (χ2v) is 5.19. The highest BCUT2D eigenvalue weighted by atomic mass is 35.5. The minimum Gasteiger partial charge on any atom is -0.468 e. The molecule has 0 spiro atoms. The lowest BCUT2D eigenvalue weighted by atomic mass is 10.3. The van der Waals surface area contributed by atoms with Crippen LogP contribution in [0.1, 0.15) is 16.1 Å². The SMILES string of the molecule is O=C(NCCSCc1ccco1)c1cccnc1Cl. The summed E-state index contributed by atoms with van der Waals surface area (Å²) in [6, 6.07) is 7.14. The molecule has 100 valence electrons. The van der Waals surface area contributed by atoms with Gasteiger partial charge in [0.25, 0.3) is 5.91 Å². The van der Waals surface area contributed by atoms with Crippen molar-refractivity contribution < 1.29 is 9.21 Å². The summed E-state index contributed by atoms with van der Waals surface area (Å²) < 4.78 is 5.21. The largest absolute Gasteiger partial charge is 0.468 e. The number of hydrogen-bond donors (Lipinski definition) is 1. The van der Waals surface area contributed by atoms with Crippen LogP contribution in [0.4, 0.5) is 0 Å². The molecule has 4 nitrogen and oxygen atoms in total. The number of halogens is 1. The molecule has 6 heteroatoms. The predicted octanol–water partition coefficient (Wildman–Crippen LogP) is 2.99. The zero-order chi connectivity index (χ0) is 13.5. The molecule has 0 aliphatic carbocycles. The van der Waals surface area contributed by atoms with E-state index < -0.39 is 0 Å². The lowest BCUT2D eigenvalue weighted by molar-refractivity contribution is 0.0956. The molecule has 1 amide bonds. The normalized spacial score (nSPS) is 10.4. The highest BCUT2D eigenvalue weighted by Gasteiger charge is 2.09. The summed E-state index contributed by atoms with van der Waals surface area (Å²) in [5.41, 5.74) is 0.403. The molecule has 0 aliphatic heterocycles. The molecule has 1 N–H and O–H groups in total. The van der Waals surface area contributed by atoms with Crippen molar-refractivity contribution in [3.63, 3.8) is 0 Å². The molecule has 2 aromatic rings. The van der Waals surface area contributed by atoms with Crippen molar-refractivity contribution >= 4 is 29.3 Å². The monoisotopic (exact) mass is 296 g/mol. The van der Waals surface area contributed by atoms with Gasteiger partial charge in [-0.1, -0.05) is 11.6 Å². The molecule has 19 heavy (non-hydrogen) atoms. The number of thioether (sulfide) groups is 1. The van der Waals surface area contributed by atoms with Crippen molar-refractivity contribution in [2.24, 2.45) is 0 Å². The number of rotatable bonds is 6. The lowest BCUT2D eigenvalue weighted by Crippen LogP contribution is -2.26. The van der Waals surface area contributed by atoms with Gasteiger partial charge in [-0.3, -0.25) is 4.79 Å². The highest BCUT2D eigenvalue weighted by Crippen LogP contribution is 2.13. The second kappa shape index (κ2) is 7.21. The molecule has 2 aromatic heterocycles. The van der Waals surface area contributed by atoms with Crippen molar-refractivity contribution in [2.75, 3.05) is 12.3 Å². The van der Waals surface area contributed by atoms with Gasteiger partial charge in [0, 0.05) is 18.5 Å². The van der Waals surface area contributed by atoms with E-state index in [4.69, 9.17) is 16.0 Å². The van der Waals surface area contributed by atoms with E-state index in [1.165, 1.54) is 0 Å². The third kappa shape index (κ3) is 4.29. The van der Waals surface area contributed by atoms with E-state index in [0.29, 0.717) is 12.1 Å². The van der Waals surface area contributed by atoms with Gasteiger partial charge in [-0.25, -0.2) is 4.98 Å². The Morgan fingerprint density at radius 3 is 3.05 bits per heavy atom. The van der Waals surface area contributed by atoms with Gasteiger partial charge in [0.15, 0.2) is 0 Å². The van der Waals surface area contributed by atoms with Crippen LogP contribution in [0.15, 0.2) is 41.1 Å². The number of nitrogens with one attached hydrogen (secondary N) is 1. The first-order valence-electron chi connectivity index (χ1n) is 5.76. The Morgan fingerprint density at radius 1 is 1.42 bits per heavy atom. The Balaban J connectivity index is 1.68. The van der Waals surface area contributed by atoms with Crippen LogP contribution in [0.2, 0.25) is 5.15 Å². The summed E-state index contributed by atoms with van der Waals surface area (Å²) in [4.78, 5) is 15.7. The fourth-order valence-corrected chi connectivity index (χ4v) is 2.42. The number of nitrogens with zero attached hydrogens (tertiary/aromatic N) is 1. The third-order valence-electron chi connectivity index (χ3n) is 2.36. The Labute approximate surface area is 120 Å². The van der Waals surface area contributed by atoms with E-state index in [-0.39, 0.29) is 11.1 Å². The standard InChI is InChI=1S/C13H13ClN2O2S/c14-12-11(4-1-5-15-12)13(17)16-6-8-19-9-10-3-2-7-18-10/h1-5,7H,6,8-9H2,(H,16,17). The van der Waals surface area contributed by atoms with Crippen molar-refractivity contribution in [3.8, 4) is 0 Å². The fraction of sp³-hybridized carbons (Fsp3) is 0.231. The van der Waals surface area contributed by atoms with E-state index in [0.717, 1.165) is 17.3 Å². The minimum absolute atomic E-state index is 0.198. The van der Waals surface area contributed by atoms with Crippen LogP contribution in [0.25, 0.3) is 0 Å². The smallest absolute Gasteiger partial charge is 0.254 e. The molecule has 2 heterocycles. The van der Waals surface area contributed by atoms with Crippen LogP contribution in [0, 0.1) is 0 Å². The number of carbonyl (C=O) groups excluding carboxylic acids is 1. The zero-order valence-electron chi connectivity index (χ0n) is 10.1. The number of furan rings is 1. The van der Waals surface area contributed by atoms with Crippen LogP contribution in [-0.2, 0) is 5.75 Å². The Hall–Kier alpha value is -1.46. The first kappa shape index (κ1) is 14.0. The van der Waals surface area contributed by atoms with E-state index in [1.54, 1.807) is 36.4 Å². The molecule has 0 aliphatic rings. The fourth-order valence-electron chi connectivity index (χ4n) is 1.45. The summed E-state index contributed by atoms with van der Waals surface area (Å²) in [6.45, 7) is 0.579. The number of hydrogen-bond acceptors (Lipinski definition) is 4. The molecule has 0 radical (unpaired) electrons. The molecule has 2 rings (SSSR count). The van der Waals surface area contributed by atoms with Gasteiger partial charge in [0.05, 0.1) is 17.6 Å². The van der Waals surface area contributed by atoms with Crippen LogP contribution in [-0.4, -0.2) is 23.2 Å². The van der Waals surface area contributed by atoms with Crippen LogP contribution in [0.3, 0.4) is 0 Å². The molecule has 0 saturated heterocycles. The maximum Gasteiger partial charge on any atom is 0.254 e. The predicted molar refractivity (Wildman–Crippen MR) is 76.5 cm³/mol. The molecule has 0 aromatic carbocycles. The first-order valence-corrected chi connectivity index (χ1v) is 7.29. The maximum atomic E-state index is 11.8. The molecule has 0 fully saturated rings. The van der Waals surface area contributed by atoms with Crippen LogP contribution in [0.5, 0.6) is 0 Å². The third-order valence-corrected chi connectivity index (χ3v) is 3.64. The molecular formula is C13H13ClN2O2S. The lowest BCUT2D eigenvalue weighted by Gasteiger charge is -2.05. The quantitative estimate of drug-likeness (QED) is 0.658. The van der Waals surface area contributed by atoms with Crippen molar-refractivity contribution in [3.05, 3.63) is 53.2 Å². The first-order chi connectivity index (χ1) is 9.27. The molecule has 0 unspecified atom stereocenters. The van der Waals surface area contributed by atoms with E-state index in [1.807, 2.05) is 12.1 Å². The van der Waals surface area contributed by atoms with E-state index in [2.05, 4.69) is 10.3 Å². The van der Waals surface area contributed by atoms with Gasteiger partial charge in [-0.15, -0.1) is 0 Å². The second-order valence-electron chi connectivity index (χ2n) is 3.73. The van der Waals surface area contributed by atoms with Gasteiger partial charge in [0.1, 0.15) is 10.9 Å². The van der Waals surface area contributed by atoms with Crippen LogP contribution >= 0.6 is 23.4 Å². The minimum atomic E-state index is -0.198. The Morgan fingerprint density at radius 2 is 2.32 bits per heavy atom. The molecular weight excluding hydrogens is 284 g/mol. The number of amides is 1. The summed E-state index contributed by atoms with van der Waals surface area (Å²) in [7, 11) is 0. The number of pyridine rings is 1. The van der Waals surface area contributed by atoms with Crippen molar-refractivity contribution in [1.29, 1.82) is 0 Å². The van der Waals surface area contributed by atoms with Crippen LogP contribution < -0.4 is 5.32 Å². The van der Waals surface area contributed by atoms with Gasteiger partial charge in [-0.05, 0) is 24.3 Å². The maximum absolute atomic E-state index is 11.8. The summed E-state index contributed by atoms with van der Waals surface area (Å²) in [5, 5.41) is 3.03. The van der Waals surface area contributed by atoms with E-state index in [9.17, 15) is 4.79 Å². The summed E-state index contributed by atoms with van der Waals surface area (Å²) in [6.07, 6.45) is 3.21. The summed E-state index contributed by atoms with van der Waals surface area (Å²) >= 11 is 7.53. The van der Waals surface area contributed by atoms with Gasteiger partial charge in [0.2, 0.25) is 0 Å². The van der Waals surface area contributed by atoms with Gasteiger partial charge < -0.3 is 9.73 Å². The van der Waals surface area contributed by atoms with Crippen molar-refractivity contribution in [1.82, 2.24) is 10.3 Å². The zero-order valence-corrected chi connectivity index (χ0v) is 11.7. The average Bonchev–Trinajstić information content (AvgIpc) is 2.92. The molecule has 0 atom stereocenters.